The van der Waals surface area contributed by atoms with E-state index in [-0.39, 0.29) is 5.84 Å². The number of nitrogens with zero attached hydrogens (tertiary/aromatic N) is 1. The zero-order valence-electron chi connectivity index (χ0n) is 9.89. The highest BCUT2D eigenvalue weighted by atomic mass is 16.6. The summed E-state index contributed by atoms with van der Waals surface area (Å²) < 4.78 is 4.97. The number of carbonyl (C=O) groups excluding carboxylic acids is 1. The summed E-state index contributed by atoms with van der Waals surface area (Å²) in [6, 6.07) is -0.717. The lowest BCUT2D eigenvalue weighted by Crippen LogP contribution is -2.48. The fourth-order valence-corrected chi connectivity index (χ4v) is 0.888. The quantitative estimate of drug-likeness (QED) is 0.237. The molecule has 0 radical (unpaired) electrons. The normalized spacial score (nSPS) is 16.4. The van der Waals surface area contributed by atoms with Gasteiger partial charge in [-0.25, -0.2) is 4.79 Å². The van der Waals surface area contributed by atoms with Crippen LogP contribution in [0.15, 0.2) is 5.16 Å². The molecule has 0 aliphatic heterocycles. The molecule has 1 amide bonds. The van der Waals surface area contributed by atoms with E-state index in [0.717, 1.165) is 0 Å². The Morgan fingerprint density at radius 1 is 1.50 bits per heavy atom. The number of aliphatic hydroxyl groups excluding tert-OH is 1. The molecule has 0 aliphatic rings. The average molecular weight is 233 g/mol. The maximum atomic E-state index is 11.3. The third-order valence-corrected chi connectivity index (χ3v) is 1.64. The van der Waals surface area contributed by atoms with Crippen LogP contribution in [-0.4, -0.2) is 40.0 Å². The third-order valence-electron chi connectivity index (χ3n) is 1.64. The number of aliphatic hydroxyl groups is 1. The summed E-state index contributed by atoms with van der Waals surface area (Å²) in [6.45, 7) is 6.66. The van der Waals surface area contributed by atoms with Crippen LogP contribution in [0, 0.1) is 0 Å². The van der Waals surface area contributed by atoms with Gasteiger partial charge in [-0.1, -0.05) is 5.16 Å². The van der Waals surface area contributed by atoms with Crippen LogP contribution in [0.1, 0.15) is 27.7 Å². The molecule has 0 aromatic heterocycles. The van der Waals surface area contributed by atoms with E-state index in [1.54, 1.807) is 20.8 Å². The van der Waals surface area contributed by atoms with Gasteiger partial charge in [0.2, 0.25) is 0 Å². The van der Waals surface area contributed by atoms with E-state index in [1.165, 1.54) is 6.92 Å². The summed E-state index contributed by atoms with van der Waals surface area (Å²) in [4.78, 5) is 11.3. The Kier molecular flexibility index (Phi) is 5.03. The highest BCUT2D eigenvalue weighted by molar-refractivity contribution is 5.85. The van der Waals surface area contributed by atoms with E-state index in [1.807, 2.05) is 0 Å². The lowest BCUT2D eigenvalue weighted by Gasteiger charge is -2.23. The predicted molar refractivity (Wildman–Crippen MR) is 58.2 cm³/mol. The number of nitrogens with two attached hydrogens (primary N) is 1. The Hall–Kier alpha value is -1.50. The molecule has 0 bridgehead atoms. The number of hydrogen-bond donors (Lipinski definition) is 4. The van der Waals surface area contributed by atoms with Crippen molar-refractivity contribution < 1.29 is 19.8 Å². The minimum atomic E-state index is -1.27. The Balaban J connectivity index is 4.25. The van der Waals surface area contributed by atoms with Gasteiger partial charge >= 0.3 is 6.09 Å². The third kappa shape index (κ3) is 5.40. The van der Waals surface area contributed by atoms with Gasteiger partial charge in [0.1, 0.15) is 11.7 Å². The van der Waals surface area contributed by atoms with Crippen molar-refractivity contribution in [3.63, 3.8) is 0 Å². The van der Waals surface area contributed by atoms with Gasteiger partial charge < -0.3 is 26.1 Å². The summed E-state index contributed by atoms with van der Waals surface area (Å²) in [5.74, 6) is -0.372. The van der Waals surface area contributed by atoms with Gasteiger partial charge in [-0.05, 0) is 27.7 Å². The molecule has 0 spiro atoms. The van der Waals surface area contributed by atoms with Gasteiger partial charge in [0.15, 0.2) is 5.84 Å². The fraction of sp³-hybridized carbons (Fsp3) is 0.778. The highest BCUT2D eigenvalue weighted by Crippen LogP contribution is 2.07. The minimum absolute atomic E-state index is 0.372. The van der Waals surface area contributed by atoms with Crippen molar-refractivity contribution >= 4 is 11.9 Å². The molecule has 0 heterocycles. The first-order valence-electron chi connectivity index (χ1n) is 4.82. The summed E-state index contributed by atoms with van der Waals surface area (Å²) in [6.07, 6.45) is -1.94. The van der Waals surface area contributed by atoms with Crippen LogP contribution in [0.4, 0.5) is 4.79 Å². The fourth-order valence-electron chi connectivity index (χ4n) is 0.888. The van der Waals surface area contributed by atoms with Gasteiger partial charge in [0.05, 0.1) is 6.04 Å². The molecule has 0 saturated heterocycles. The average Bonchev–Trinajstić information content (AvgIpc) is 2.12. The maximum Gasteiger partial charge on any atom is 0.407 e. The number of amidine groups is 1. The second-order valence-electron chi connectivity index (χ2n) is 4.40. The molecule has 0 rings (SSSR count). The van der Waals surface area contributed by atoms with Crippen molar-refractivity contribution in [3.8, 4) is 0 Å². The van der Waals surface area contributed by atoms with Crippen LogP contribution in [0.25, 0.3) is 0 Å². The number of ether oxygens (including phenoxy) is 1. The van der Waals surface area contributed by atoms with Crippen molar-refractivity contribution in [2.75, 3.05) is 0 Å². The minimum Gasteiger partial charge on any atom is -0.444 e. The lowest BCUT2D eigenvalue weighted by molar-refractivity contribution is 0.0471. The number of alkyl carbamates (subject to hydrolysis) is 1. The van der Waals surface area contributed by atoms with Crippen LogP contribution >= 0.6 is 0 Å². The van der Waals surface area contributed by atoms with Crippen molar-refractivity contribution in [2.45, 2.75) is 45.4 Å². The molecular weight excluding hydrogens is 214 g/mol. The molecule has 2 atom stereocenters. The topological polar surface area (TPSA) is 117 Å². The Labute approximate surface area is 94.3 Å². The molecule has 0 aromatic carbocycles. The molecule has 94 valence electrons. The smallest absolute Gasteiger partial charge is 0.407 e. The SMILES string of the molecule is C[C@@H](NC(=O)OC(C)(C)C)C(O)/C(N)=N/O. The summed E-state index contributed by atoms with van der Waals surface area (Å²) in [5, 5.41) is 22.8. The largest absolute Gasteiger partial charge is 0.444 e. The molecule has 1 unspecified atom stereocenters. The number of hydrogen-bond acceptors (Lipinski definition) is 5. The summed E-state index contributed by atoms with van der Waals surface area (Å²) in [7, 11) is 0. The number of amides is 1. The maximum absolute atomic E-state index is 11.3. The standard InChI is InChI=1S/C9H19N3O4/c1-5(6(13)7(10)12-15)11-8(14)16-9(2,3)4/h5-6,13,15H,1-4H3,(H2,10,12)(H,11,14)/t5-,6?/m1/s1. The van der Waals surface area contributed by atoms with E-state index in [2.05, 4.69) is 10.5 Å². The van der Waals surface area contributed by atoms with Crippen LogP contribution in [-0.2, 0) is 4.74 Å². The second kappa shape index (κ2) is 5.55. The first-order chi connectivity index (χ1) is 7.17. The van der Waals surface area contributed by atoms with E-state index < -0.39 is 23.8 Å². The van der Waals surface area contributed by atoms with Gasteiger partial charge in [-0.2, -0.15) is 0 Å². The summed E-state index contributed by atoms with van der Waals surface area (Å²) in [5.41, 5.74) is 4.56. The van der Waals surface area contributed by atoms with Gasteiger partial charge in [0.25, 0.3) is 0 Å². The van der Waals surface area contributed by atoms with Crippen molar-refractivity contribution in [2.24, 2.45) is 10.9 Å². The second-order valence-corrected chi connectivity index (χ2v) is 4.40. The zero-order chi connectivity index (χ0) is 12.9. The number of rotatable bonds is 3. The Morgan fingerprint density at radius 2 is 2.00 bits per heavy atom. The molecular formula is C9H19N3O4. The number of nitrogens with one attached hydrogen (secondary N) is 1. The lowest BCUT2D eigenvalue weighted by atomic mass is 10.2. The molecule has 0 saturated carbocycles. The van der Waals surface area contributed by atoms with Crippen LogP contribution in [0.2, 0.25) is 0 Å². The number of carbonyl (C=O) groups is 1. The van der Waals surface area contributed by atoms with E-state index >= 15 is 0 Å². The van der Waals surface area contributed by atoms with Crippen molar-refractivity contribution in [1.29, 1.82) is 0 Å². The van der Waals surface area contributed by atoms with Crippen LogP contribution in [0.3, 0.4) is 0 Å². The molecule has 5 N–H and O–H groups in total. The first kappa shape index (κ1) is 14.5. The number of oxime groups is 1. The van der Waals surface area contributed by atoms with E-state index in [0.29, 0.717) is 0 Å². The van der Waals surface area contributed by atoms with Gasteiger partial charge in [-0.3, -0.25) is 0 Å². The Morgan fingerprint density at radius 3 is 2.38 bits per heavy atom. The van der Waals surface area contributed by atoms with Crippen LogP contribution < -0.4 is 11.1 Å². The van der Waals surface area contributed by atoms with Crippen LogP contribution in [0.5, 0.6) is 0 Å². The molecule has 0 fully saturated rings. The monoisotopic (exact) mass is 233 g/mol. The summed E-state index contributed by atoms with van der Waals surface area (Å²) >= 11 is 0. The molecule has 0 aliphatic carbocycles. The molecule has 7 heteroatoms. The van der Waals surface area contributed by atoms with Crippen molar-refractivity contribution in [3.05, 3.63) is 0 Å². The highest BCUT2D eigenvalue weighted by Gasteiger charge is 2.23. The van der Waals surface area contributed by atoms with Crippen molar-refractivity contribution in [1.82, 2.24) is 5.32 Å². The van der Waals surface area contributed by atoms with Gasteiger partial charge in [0, 0.05) is 0 Å². The predicted octanol–water partition coefficient (Wildman–Crippen LogP) is 0.00690. The molecule has 16 heavy (non-hydrogen) atoms. The van der Waals surface area contributed by atoms with E-state index in [4.69, 9.17) is 15.7 Å². The first-order valence-corrected chi connectivity index (χ1v) is 4.82. The van der Waals surface area contributed by atoms with Gasteiger partial charge in [-0.15, -0.1) is 0 Å². The molecule has 0 aromatic rings. The Bertz CT molecular complexity index is 272. The van der Waals surface area contributed by atoms with E-state index in [9.17, 15) is 9.90 Å². The zero-order valence-corrected chi connectivity index (χ0v) is 9.89. The molecule has 7 nitrogen and oxygen atoms in total.